The van der Waals surface area contributed by atoms with Crippen LogP contribution in [0.3, 0.4) is 0 Å². The number of aromatic nitrogens is 2. The number of ketones is 1. The van der Waals surface area contributed by atoms with Gasteiger partial charge in [0.1, 0.15) is 9.84 Å². The van der Waals surface area contributed by atoms with Crippen LogP contribution in [0.25, 0.3) is 0 Å². The maximum Gasteiger partial charge on any atom is 0.455 e. The number of alkyl halides is 3. The fourth-order valence-corrected chi connectivity index (χ4v) is 2.14. The van der Waals surface area contributed by atoms with E-state index < -0.39 is 27.4 Å². The quantitative estimate of drug-likeness (QED) is 0.785. The Morgan fingerprint density at radius 1 is 1.32 bits per heavy atom. The lowest BCUT2D eigenvalue weighted by Gasteiger charge is -2.06. The van der Waals surface area contributed by atoms with E-state index in [9.17, 15) is 26.4 Å². The molecule has 0 saturated carbocycles. The van der Waals surface area contributed by atoms with Gasteiger partial charge in [-0.25, -0.2) is 8.42 Å². The van der Waals surface area contributed by atoms with Gasteiger partial charge in [0.05, 0.1) is 23.6 Å². The highest BCUT2D eigenvalue weighted by molar-refractivity contribution is 7.90. The number of carbonyl (C=O) groups is 1. The molecule has 0 aliphatic heterocycles. The van der Waals surface area contributed by atoms with E-state index in [0.29, 0.717) is 0 Å². The third-order valence-corrected chi connectivity index (χ3v) is 3.46. The van der Waals surface area contributed by atoms with Gasteiger partial charge in [0.15, 0.2) is 0 Å². The van der Waals surface area contributed by atoms with Crippen LogP contribution in [0.15, 0.2) is 0 Å². The average Bonchev–Trinajstić information content (AvgIpc) is 2.48. The summed E-state index contributed by atoms with van der Waals surface area (Å²) in [5.41, 5.74) is -0.558. The van der Waals surface area contributed by atoms with Crippen molar-refractivity contribution in [2.45, 2.75) is 26.6 Å². The van der Waals surface area contributed by atoms with Gasteiger partial charge in [-0.3, -0.25) is 9.48 Å². The van der Waals surface area contributed by atoms with Crippen LogP contribution in [0, 0.1) is 13.8 Å². The Kier molecular flexibility index (Phi) is 4.08. The molecule has 0 bridgehead atoms. The van der Waals surface area contributed by atoms with Crippen LogP contribution >= 0.6 is 0 Å². The Bertz CT molecular complexity index is 602. The minimum Gasteiger partial charge on any atom is -0.284 e. The first-order chi connectivity index (χ1) is 8.43. The number of rotatable bonds is 4. The molecule has 0 N–H and O–H groups in total. The van der Waals surface area contributed by atoms with Crippen molar-refractivity contribution in [1.29, 1.82) is 0 Å². The summed E-state index contributed by atoms with van der Waals surface area (Å²) in [5.74, 6) is -2.22. The Morgan fingerprint density at radius 2 is 1.84 bits per heavy atom. The second-order valence-electron chi connectivity index (χ2n) is 4.23. The van der Waals surface area contributed by atoms with Gasteiger partial charge in [-0.15, -0.1) is 0 Å². The molecule has 0 aliphatic carbocycles. The van der Waals surface area contributed by atoms with Gasteiger partial charge < -0.3 is 0 Å². The zero-order valence-corrected chi connectivity index (χ0v) is 11.4. The number of nitrogens with zero attached hydrogens (tertiary/aromatic N) is 2. The van der Waals surface area contributed by atoms with Crippen LogP contribution in [0.2, 0.25) is 0 Å². The number of hydrogen-bond acceptors (Lipinski definition) is 4. The van der Waals surface area contributed by atoms with E-state index >= 15 is 0 Å². The Morgan fingerprint density at radius 3 is 2.26 bits per heavy atom. The summed E-state index contributed by atoms with van der Waals surface area (Å²) in [6.07, 6.45) is -3.96. The highest BCUT2D eigenvalue weighted by Crippen LogP contribution is 2.25. The van der Waals surface area contributed by atoms with Gasteiger partial charge in [0.2, 0.25) is 0 Å². The van der Waals surface area contributed by atoms with Gasteiger partial charge in [-0.1, -0.05) is 0 Å². The van der Waals surface area contributed by atoms with E-state index in [2.05, 4.69) is 5.10 Å². The molecule has 1 aromatic heterocycles. The molecule has 0 atom stereocenters. The summed E-state index contributed by atoms with van der Waals surface area (Å²) in [4.78, 5) is 11.2. The molecule has 0 saturated heterocycles. The average molecular weight is 298 g/mol. The third-order valence-electron chi connectivity index (χ3n) is 2.54. The number of hydrogen-bond donors (Lipinski definition) is 0. The molecule has 0 aromatic carbocycles. The molecule has 1 rings (SSSR count). The number of carbonyl (C=O) groups excluding carboxylic acids is 1. The van der Waals surface area contributed by atoms with Crippen LogP contribution in [0.1, 0.15) is 21.7 Å². The van der Waals surface area contributed by atoms with Crippen LogP contribution in [0.4, 0.5) is 13.2 Å². The zero-order chi connectivity index (χ0) is 15.0. The van der Waals surface area contributed by atoms with E-state index in [1.807, 2.05) is 0 Å². The molecule has 0 radical (unpaired) electrons. The van der Waals surface area contributed by atoms with Gasteiger partial charge in [0, 0.05) is 11.9 Å². The molecule has 1 heterocycles. The van der Waals surface area contributed by atoms with Gasteiger partial charge >= 0.3 is 6.18 Å². The molecule has 0 aliphatic rings. The molecule has 9 heteroatoms. The molecule has 0 unspecified atom stereocenters. The van der Waals surface area contributed by atoms with Crippen molar-refractivity contribution in [1.82, 2.24) is 9.78 Å². The van der Waals surface area contributed by atoms with Crippen LogP contribution < -0.4 is 0 Å². The van der Waals surface area contributed by atoms with Crippen molar-refractivity contribution < 1.29 is 26.4 Å². The lowest BCUT2D eigenvalue weighted by atomic mass is 10.1. The molecule has 0 spiro atoms. The van der Waals surface area contributed by atoms with Crippen molar-refractivity contribution in [3.8, 4) is 0 Å². The van der Waals surface area contributed by atoms with Crippen molar-refractivity contribution in [3.05, 3.63) is 17.0 Å². The minimum atomic E-state index is -4.97. The Hall–Kier alpha value is -1.38. The Labute approximate surface area is 108 Å². The van der Waals surface area contributed by atoms with Gasteiger partial charge in [-0.2, -0.15) is 18.3 Å². The first-order valence-electron chi connectivity index (χ1n) is 5.26. The molecule has 1 aromatic rings. The Balaban J connectivity index is 3.12. The molecule has 5 nitrogen and oxygen atoms in total. The summed E-state index contributed by atoms with van der Waals surface area (Å²) >= 11 is 0. The predicted octanol–water partition coefficient (Wildman–Crippen LogP) is 1.29. The lowest BCUT2D eigenvalue weighted by molar-refractivity contribution is -0.0886. The number of sulfone groups is 1. The number of halogens is 3. The second-order valence-corrected chi connectivity index (χ2v) is 6.49. The van der Waals surface area contributed by atoms with Crippen molar-refractivity contribution in [2.24, 2.45) is 0 Å². The third kappa shape index (κ3) is 3.79. The zero-order valence-electron chi connectivity index (χ0n) is 10.6. The monoisotopic (exact) mass is 298 g/mol. The van der Waals surface area contributed by atoms with E-state index in [1.54, 1.807) is 0 Å². The van der Waals surface area contributed by atoms with E-state index in [1.165, 1.54) is 13.8 Å². The predicted molar refractivity (Wildman–Crippen MR) is 61.8 cm³/mol. The van der Waals surface area contributed by atoms with Crippen molar-refractivity contribution in [3.63, 3.8) is 0 Å². The van der Waals surface area contributed by atoms with Crippen LogP contribution in [-0.4, -0.2) is 42.2 Å². The maximum absolute atomic E-state index is 12.4. The smallest absolute Gasteiger partial charge is 0.284 e. The molecule has 0 fully saturated rings. The van der Waals surface area contributed by atoms with E-state index in [4.69, 9.17) is 0 Å². The fraction of sp³-hybridized carbons (Fsp3) is 0.600. The van der Waals surface area contributed by atoms with Crippen LogP contribution in [-0.2, 0) is 16.4 Å². The molecular weight excluding hydrogens is 285 g/mol. The number of aryl methyl sites for hydroxylation is 2. The summed E-state index contributed by atoms with van der Waals surface area (Å²) in [6, 6.07) is 0. The van der Waals surface area contributed by atoms with Gasteiger partial charge in [0.25, 0.3) is 5.78 Å². The van der Waals surface area contributed by atoms with E-state index in [-0.39, 0.29) is 23.7 Å². The molecule has 108 valence electrons. The SMILES string of the molecule is Cc1nn(CCS(C)(=O)=O)c(C)c1C(=O)C(F)(F)F. The summed E-state index contributed by atoms with van der Waals surface area (Å²) < 4.78 is 60.3. The lowest BCUT2D eigenvalue weighted by Crippen LogP contribution is -2.24. The summed E-state index contributed by atoms with van der Waals surface area (Å²) in [6.45, 7) is 2.50. The highest BCUT2D eigenvalue weighted by Gasteiger charge is 2.42. The molecule has 0 amide bonds. The normalized spacial score (nSPS) is 12.7. The van der Waals surface area contributed by atoms with Crippen molar-refractivity contribution >= 4 is 15.6 Å². The van der Waals surface area contributed by atoms with Crippen LogP contribution in [0.5, 0.6) is 0 Å². The topological polar surface area (TPSA) is 69.0 Å². The maximum atomic E-state index is 12.4. The summed E-state index contributed by atoms with van der Waals surface area (Å²) in [7, 11) is -3.26. The minimum absolute atomic E-state index is 0.0171. The standard InChI is InChI=1S/C10H13F3N2O3S/c1-6-8(9(16)10(11,12)13)7(2)15(14-6)4-5-19(3,17)18/h4-5H2,1-3H3. The fourth-order valence-electron chi connectivity index (χ4n) is 1.64. The highest BCUT2D eigenvalue weighted by atomic mass is 32.2. The first kappa shape index (κ1) is 15.7. The first-order valence-corrected chi connectivity index (χ1v) is 7.33. The summed E-state index contributed by atoms with van der Waals surface area (Å²) in [5, 5.41) is 3.78. The largest absolute Gasteiger partial charge is 0.455 e. The number of Topliss-reactive ketones (excluding diaryl/α,β-unsaturated/α-hetero) is 1. The van der Waals surface area contributed by atoms with E-state index in [0.717, 1.165) is 10.9 Å². The molecular formula is C10H13F3N2O3S. The van der Waals surface area contributed by atoms with Gasteiger partial charge in [-0.05, 0) is 13.8 Å². The second kappa shape index (κ2) is 4.95. The molecule has 19 heavy (non-hydrogen) atoms. The van der Waals surface area contributed by atoms with Crippen molar-refractivity contribution in [2.75, 3.05) is 12.0 Å².